The minimum atomic E-state index is -0.821. The van der Waals surface area contributed by atoms with Crippen molar-refractivity contribution in [1.29, 1.82) is 0 Å². The molecule has 8 heteroatoms. The first-order chi connectivity index (χ1) is 16.5. The lowest BCUT2D eigenvalue weighted by Crippen LogP contribution is -2.29. The normalized spacial score (nSPS) is 17.0. The van der Waals surface area contributed by atoms with Crippen LogP contribution in [0, 0.1) is 0 Å². The maximum Gasteiger partial charge on any atom is 0.295 e. The number of amides is 1. The molecule has 3 aromatic rings. The van der Waals surface area contributed by atoms with E-state index in [9.17, 15) is 14.7 Å². The Labute approximate surface area is 197 Å². The van der Waals surface area contributed by atoms with Crippen LogP contribution in [0.1, 0.15) is 22.7 Å². The molecule has 174 valence electrons. The van der Waals surface area contributed by atoms with E-state index in [4.69, 9.17) is 14.2 Å². The van der Waals surface area contributed by atoms with E-state index in [1.54, 1.807) is 68.0 Å². The van der Waals surface area contributed by atoms with Gasteiger partial charge in [0.15, 0.2) is 0 Å². The SMILES string of the molecule is COc1ccc(C2/C(=C(/O)c3ccc(OC)cc3OC)C(=O)C(=O)N2Cc2cccnc2)cc1. The third kappa shape index (κ3) is 4.17. The van der Waals surface area contributed by atoms with Gasteiger partial charge < -0.3 is 24.2 Å². The maximum atomic E-state index is 13.2. The quantitative estimate of drug-likeness (QED) is 0.326. The fourth-order valence-corrected chi connectivity index (χ4v) is 4.00. The zero-order valence-electron chi connectivity index (χ0n) is 19.0. The highest BCUT2D eigenvalue weighted by atomic mass is 16.5. The highest BCUT2D eigenvalue weighted by molar-refractivity contribution is 6.46. The van der Waals surface area contributed by atoms with Gasteiger partial charge in [0.05, 0.1) is 38.5 Å². The van der Waals surface area contributed by atoms with Crippen LogP contribution in [0.4, 0.5) is 0 Å². The minimum Gasteiger partial charge on any atom is -0.507 e. The summed E-state index contributed by atoms with van der Waals surface area (Å²) in [7, 11) is 4.52. The number of likely N-dealkylation sites (tertiary alicyclic amines) is 1. The van der Waals surface area contributed by atoms with E-state index in [1.165, 1.54) is 19.1 Å². The molecule has 0 bridgehead atoms. The Kier molecular flexibility index (Phi) is 6.49. The van der Waals surface area contributed by atoms with Crippen LogP contribution in [-0.4, -0.2) is 48.0 Å². The molecular weight excluding hydrogens is 436 g/mol. The number of ether oxygens (including phenoxy) is 3. The largest absolute Gasteiger partial charge is 0.507 e. The highest BCUT2D eigenvalue weighted by Gasteiger charge is 2.46. The Bertz CT molecular complexity index is 1240. The first kappa shape index (κ1) is 22.8. The molecule has 0 radical (unpaired) electrons. The Hall–Kier alpha value is -4.33. The fraction of sp³-hybridized carbons (Fsp3) is 0.192. The van der Waals surface area contributed by atoms with Crippen molar-refractivity contribution < 1.29 is 28.9 Å². The molecule has 1 aliphatic heterocycles. The summed E-state index contributed by atoms with van der Waals surface area (Å²) in [5.74, 6) is -0.350. The van der Waals surface area contributed by atoms with Crippen LogP contribution in [-0.2, 0) is 16.1 Å². The van der Waals surface area contributed by atoms with Crippen LogP contribution in [0.5, 0.6) is 17.2 Å². The van der Waals surface area contributed by atoms with Crippen LogP contribution in [0.15, 0.2) is 72.6 Å². The van der Waals surface area contributed by atoms with Crippen LogP contribution in [0.3, 0.4) is 0 Å². The predicted octanol–water partition coefficient (Wildman–Crippen LogP) is 3.73. The second-order valence-electron chi connectivity index (χ2n) is 7.63. The van der Waals surface area contributed by atoms with Crippen molar-refractivity contribution in [3.8, 4) is 17.2 Å². The molecule has 1 fully saturated rings. The molecule has 4 rings (SSSR count). The van der Waals surface area contributed by atoms with Crippen LogP contribution in [0.25, 0.3) is 5.76 Å². The maximum absolute atomic E-state index is 13.2. The molecule has 8 nitrogen and oxygen atoms in total. The minimum absolute atomic E-state index is 0.0254. The number of hydrogen-bond donors (Lipinski definition) is 1. The van der Waals surface area contributed by atoms with Crippen molar-refractivity contribution in [2.75, 3.05) is 21.3 Å². The summed E-state index contributed by atoms with van der Waals surface area (Å²) in [5.41, 5.74) is 1.66. The molecule has 2 aromatic carbocycles. The van der Waals surface area contributed by atoms with E-state index in [1.807, 2.05) is 6.07 Å². The fourth-order valence-electron chi connectivity index (χ4n) is 4.00. The Morgan fingerprint density at radius 2 is 1.68 bits per heavy atom. The third-order valence-corrected chi connectivity index (χ3v) is 5.71. The summed E-state index contributed by atoms with van der Waals surface area (Å²) >= 11 is 0. The van der Waals surface area contributed by atoms with Crippen molar-refractivity contribution in [1.82, 2.24) is 9.88 Å². The number of methoxy groups -OCH3 is 3. The van der Waals surface area contributed by atoms with E-state index < -0.39 is 17.7 Å². The first-order valence-electron chi connectivity index (χ1n) is 10.5. The smallest absolute Gasteiger partial charge is 0.295 e. The van der Waals surface area contributed by atoms with Crippen molar-refractivity contribution in [2.24, 2.45) is 0 Å². The molecule has 1 aromatic heterocycles. The summed E-state index contributed by atoms with van der Waals surface area (Å²) in [6.45, 7) is 0.144. The molecule has 1 aliphatic rings. The van der Waals surface area contributed by atoms with Crippen molar-refractivity contribution >= 4 is 17.4 Å². The van der Waals surface area contributed by atoms with Crippen molar-refractivity contribution in [3.05, 3.63) is 89.3 Å². The van der Waals surface area contributed by atoms with E-state index in [0.717, 1.165) is 5.56 Å². The molecule has 1 N–H and O–H groups in total. The summed E-state index contributed by atoms with van der Waals surface area (Å²) in [5, 5.41) is 11.3. The number of carbonyl (C=O) groups excluding carboxylic acids is 2. The summed E-state index contributed by atoms with van der Waals surface area (Å²) < 4.78 is 15.9. The Balaban J connectivity index is 1.88. The summed E-state index contributed by atoms with van der Waals surface area (Å²) in [6.07, 6.45) is 3.27. The van der Waals surface area contributed by atoms with E-state index in [0.29, 0.717) is 22.8 Å². The number of rotatable bonds is 7. The zero-order chi connectivity index (χ0) is 24.2. The Morgan fingerprint density at radius 3 is 2.29 bits per heavy atom. The number of pyridine rings is 1. The van der Waals surface area contributed by atoms with Gasteiger partial charge in [0, 0.05) is 25.0 Å². The molecule has 0 aliphatic carbocycles. The number of hydrogen-bond acceptors (Lipinski definition) is 7. The van der Waals surface area contributed by atoms with Gasteiger partial charge in [-0.2, -0.15) is 0 Å². The molecule has 1 unspecified atom stereocenters. The number of aliphatic hydroxyl groups excluding tert-OH is 1. The third-order valence-electron chi connectivity index (χ3n) is 5.71. The van der Waals surface area contributed by atoms with E-state index >= 15 is 0 Å². The molecule has 1 amide bonds. The van der Waals surface area contributed by atoms with Gasteiger partial charge in [-0.3, -0.25) is 14.6 Å². The molecule has 2 heterocycles. The van der Waals surface area contributed by atoms with Gasteiger partial charge in [0.1, 0.15) is 23.0 Å². The van der Waals surface area contributed by atoms with Gasteiger partial charge in [-0.15, -0.1) is 0 Å². The van der Waals surface area contributed by atoms with Gasteiger partial charge in [0.2, 0.25) is 0 Å². The number of carbonyl (C=O) groups is 2. The van der Waals surface area contributed by atoms with Gasteiger partial charge in [-0.05, 0) is 41.5 Å². The number of aliphatic hydroxyl groups is 1. The average Bonchev–Trinajstić information content (AvgIpc) is 3.13. The summed E-state index contributed by atoms with van der Waals surface area (Å²) in [6, 6.07) is 14.6. The molecule has 34 heavy (non-hydrogen) atoms. The van der Waals surface area contributed by atoms with Crippen LogP contribution < -0.4 is 14.2 Å². The van der Waals surface area contributed by atoms with Gasteiger partial charge in [0.25, 0.3) is 11.7 Å². The molecule has 1 saturated heterocycles. The Morgan fingerprint density at radius 1 is 0.971 bits per heavy atom. The predicted molar refractivity (Wildman–Crippen MR) is 125 cm³/mol. The number of aromatic nitrogens is 1. The first-order valence-corrected chi connectivity index (χ1v) is 10.5. The monoisotopic (exact) mass is 460 g/mol. The number of nitrogens with zero attached hydrogens (tertiary/aromatic N) is 2. The standard InChI is InChI=1S/C26H24N2O6/c1-32-18-8-6-17(7-9-18)23-22(24(29)20-11-10-19(33-2)13-21(20)34-3)25(30)26(31)28(23)15-16-5-4-12-27-14-16/h4-14,23,29H,15H2,1-3H3/b24-22-. The average molecular weight is 460 g/mol. The molecule has 1 atom stereocenters. The van der Waals surface area contributed by atoms with Gasteiger partial charge in [-0.25, -0.2) is 0 Å². The summed E-state index contributed by atoms with van der Waals surface area (Å²) in [4.78, 5) is 31.9. The highest BCUT2D eigenvalue weighted by Crippen LogP contribution is 2.42. The van der Waals surface area contributed by atoms with Gasteiger partial charge >= 0.3 is 0 Å². The number of ketones is 1. The van der Waals surface area contributed by atoms with E-state index in [-0.39, 0.29) is 23.4 Å². The number of Topliss-reactive ketones (excluding diaryl/α,β-unsaturated/α-hetero) is 1. The zero-order valence-corrected chi connectivity index (χ0v) is 19.0. The van der Waals surface area contributed by atoms with Crippen molar-refractivity contribution in [2.45, 2.75) is 12.6 Å². The second-order valence-corrected chi connectivity index (χ2v) is 7.63. The molecular formula is C26H24N2O6. The topological polar surface area (TPSA) is 98.2 Å². The van der Waals surface area contributed by atoms with Crippen LogP contribution in [0.2, 0.25) is 0 Å². The lowest BCUT2D eigenvalue weighted by molar-refractivity contribution is -0.140. The van der Waals surface area contributed by atoms with Crippen LogP contribution >= 0.6 is 0 Å². The van der Waals surface area contributed by atoms with Crippen molar-refractivity contribution in [3.63, 3.8) is 0 Å². The number of benzene rings is 2. The molecule has 0 saturated carbocycles. The lowest BCUT2D eigenvalue weighted by atomic mass is 9.94. The molecule has 0 spiro atoms. The lowest BCUT2D eigenvalue weighted by Gasteiger charge is -2.25. The van der Waals surface area contributed by atoms with E-state index in [2.05, 4.69) is 4.98 Å². The second kappa shape index (κ2) is 9.66. The van der Waals surface area contributed by atoms with Gasteiger partial charge in [-0.1, -0.05) is 18.2 Å².